The number of allylic oxidation sites excluding steroid dienone is 1. The number of nitrogens with two attached hydrogens (primary N) is 1. The summed E-state index contributed by atoms with van der Waals surface area (Å²) in [6, 6.07) is 9.23. The zero-order chi connectivity index (χ0) is 12.8. The molecule has 1 aromatic rings. The Morgan fingerprint density at radius 1 is 1.06 bits per heavy atom. The maximum Gasteiger partial charge on any atom is 0.347 e. The molecule has 0 atom stereocenters. The molecule has 0 bridgehead atoms. The van der Waals surface area contributed by atoms with Crippen molar-refractivity contribution < 1.29 is 10.1 Å². The van der Waals surface area contributed by atoms with E-state index in [-0.39, 0.29) is 5.91 Å². The van der Waals surface area contributed by atoms with Crippen molar-refractivity contribution in [3.8, 4) is 0 Å². The fourth-order valence-corrected chi connectivity index (χ4v) is 0.882. The highest BCUT2D eigenvalue weighted by molar-refractivity contribution is 5.86. The zero-order valence-electron chi connectivity index (χ0n) is 11.0. The topological polar surface area (TPSA) is 33.7 Å². The molecule has 2 nitrogen and oxygen atoms in total. The smallest absolute Gasteiger partial charge is 0.253 e. The average Bonchev–Trinajstić information content (AvgIpc) is 2.41. The van der Waals surface area contributed by atoms with Crippen LogP contribution in [0.1, 0.15) is 45.0 Å². The van der Waals surface area contributed by atoms with E-state index in [1.165, 1.54) is 0 Å². The van der Waals surface area contributed by atoms with Crippen molar-refractivity contribution >= 4 is 5.91 Å². The van der Waals surface area contributed by atoms with Crippen LogP contribution in [0.2, 0.25) is 0 Å². The van der Waals surface area contributed by atoms with E-state index in [0.29, 0.717) is 0 Å². The van der Waals surface area contributed by atoms with Crippen LogP contribution >= 0.6 is 0 Å². The van der Waals surface area contributed by atoms with E-state index >= 15 is 0 Å². The van der Waals surface area contributed by atoms with E-state index in [1.807, 2.05) is 71.0 Å². The molecule has 0 heterocycles. The van der Waals surface area contributed by atoms with E-state index in [9.17, 15) is 4.79 Å². The number of hydrogen-bond donors (Lipinski definition) is 1. The Kier molecular flexibility index (Phi) is 14.4. The van der Waals surface area contributed by atoms with Gasteiger partial charge in [-0.25, -0.2) is 4.79 Å². The van der Waals surface area contributed by atoms with Crippen LogP contribution in [0.15, 0.2) is 42.6 Å². The molecule has 1 amide bonds. The number of rotatable bonds is 2. The predicted octanol–water partition coefficient (Wildman–Crippen LogP) is 2.98. The van der Waals surface area contributed by atoms with Crippen LogP contribution in [-0.2, 0) is 0 Å². The summed E-state index contributed by atoms with van der Waals surface area (Å²) in [5, 5.41) is 1.56. The molecule has 0 aliphatic carbocycles. The molecular weight excluding hydrogens is 198 g/mol. The molecule has 2 N–H and O–H groups in total. The van der Waals surface area contributed by atoms with Crippen molar-refractivity contribution in [2.45, 2.75) is 34.6 Å². The summed E-state index contributed by atoms with van der Waals surface area (Å²) >= 11 is 0. The van der Waals surface area contributed by atoms with Gasteiger partial charge in [0.05, 0.1) is 11.8 Å². The lowest BCUT2D eigenvalue weighted by atomic mass is 10.2. The monoisotopic (exact) mass is 222 g/mol. The van der Waals surface area contributed by atoms with Crippen LogP contribution in [0.4, 0.5) is 0 Å². The minimum atomic E-state index is 0.0497. The Morgan fingerprint density at radius 3 is 2.00 bits per heavy atom. The molecule has 1 rings (SSSR count). The van der Waals surface area contributed by atoms with Crippen LogP contribution < -0.4 is 5.32 Å². The molecule has 0 saturated heterocycles. The normalized spacial score (nSPS) is 8.56. The summed E-state index contributed by atoms with van der Waals surface area (Å²) in [5.74, 6) is 0.0497. The van der Waals surface area contributed by atoms with E-state index in [0.717, 1.165) is 5.56 Å². The first kappa shape index (κ1) is 17.0. The van der Waals surface area contributed by atoms with Gasteiger partial charge in [-0.2, -0.15) is 0 Å². The van der Waals surface area contributed by atoms with E-state index in [1.54, 1.807) is 11.5 Å². The third-order valence-electron chi connectivity index (χ3n) is 1.50. The predicted molar refractivity (Wildman–Crippen MR) is 70.2 cm³/mol. The lowest BCUT2D eigenvalue weighted by Crippen LogP contribution is -2.82. The number of amides is 1. The van der Waals surface area contributed by atoms with Gasteiger partial charge in [0.2, 0.25) is 0 Å². The second-order valence-electron chi connectivity index (χ2n) is 2.42. The fourth-order valence-electron chi connectivity index (χ4n) is 0.882. The quantitative estimate of drug-likeness (QED) is 0.820. The summed E-state index contributed by atoms with van der Waals surface area (Å²) in [7, 11) is 0. The number of benzene rings is 1. The maximum absolute atomic E-state index is 11.3. The van der Waals surface area contributed by atoms with Crippen LogP contribution in [0, 0.1) is 0 Å². The number of carbonyl (C=O) groups is 1. The average molecular weight is 222 g/mol. The first-order valence-electron chi connectivity index (χ1n) is 5.90. The molecule has 0 radical (unpaired) electrons. The van der Waals surface area contributed by atoms with Gasteiger partial charge in [0.1, 0.15) is 0 Å². The van der Waals surface area contributed by atoms with Crippen molar-refractivity contribution in [2.75, 3.05) is 0 Å². The van der Waals surface area contributed by atoms with Crippen LogP contribution in [0.3, 0.4) is 0 Å². The summed E-state index contributed by atoms with van der Waals surface area (Å²) in [4.78, 5) is 11.3. The summed E-state index contributed by atoms with van der Waals surface area (Å²) in [6.45, 7) is 9.88. The Morgan fingerprint density at radius 2 is 1.56 bits per heavy atom. The number of hydrogen-bond acceptors (Lipinski definition) is 1. The van der Waals surface area contributed by atoms with Crippen molar-refractivity contribution in [1.82, 2.24) is 0 Å². The Balaban J connectivity index is 0. The van der Waals surface area contributed by atoms with Gasteiger partial charge in [0.25, 0.3) is 0 Å². The lowest BCUT2D eigenvalue weighted by molar-refractivity contribution is -0.481. The molecule has 0 aliphatic heterocycles. The highest BCUT2D eigenvalue weighted by atomic mass is 16.1. The van der Waals surface area contributed by atoms with Gasteiger partial charge in [0, 0.05) is 0 Å². The third kappa shape index (κ3) is 7.94. The Bertz CT molecular complexity index is 278. The van der Waals surface area contributed by atoms with Crippen molar-refractivity contribution in [1.29, 1.82) is 0 Å². The molecule has 90 valence electrons. The molecule has 0 aliphatic rings. The van der Waals surface area contributed by atoms with Gasteiger partial charge < -0.3 is 0 Å². The summed E-state index contributed by atoms with van der Waals surface area (Å²) in [6.07, 6.45) is 3.58. The second kappa shape index (κ2) is 13.6. The first-order valence-corrected chi connectivity index (χ1v) is 5.90. The highest BCUT2D eigenvalue weighted by Gasteiger charge is 2.04. The molecule has 0 aromatic heterocycles. The van der Waals surface area contributed by atoms with Crippen LogP contribution in [-0.4, -0.2) is 5.91 Å². The second-order valence-corrected chi connectivity index (χ2v) is 2.42. The van der Waals surface area contributed by atoms with E-state index in [2.05, 4.69) is 0 Å². The minimum Gasteiger partial charge on any atom is -0.253 e. The molecule has 1 aromatic carbocycles. The number of quaternary nitrogens is 1. The Labute approximate surface area is 99.4 Å². The Hall–Kier alpha value is -1.41. The summed E-state index contributed by atoms with van der Waals surface area (Å²) < 4.78 is 0. The first-order chi connectivity index (χ1) is 7.84. The largest absolute Gasteiger partial charge is 0.347 e. The van der Waals surface area contributed by atoms with Crippen LogP contribution in [0.5, 0.6) is 0 Å². The molecule has 0 fully saturated rings. The fraction of sp³-hybridized carbons (Fsp3) is 0.357. The maximum atomic E-state index is 11.3. The van der Waals surface area contributed by atoms with E-state index < -0.39 is 0 Å². The zero-order valence-corrected chi connectivity index (χ0v) is 11.0. The standard InChI is InChI=1S/C10H11NO.2C2H6/c1-2-8-11-10(12)9-6-4-3-5-7-9;2*1-2/h2-8H,1H3,(H,11,12);2*1-2H3/p+1/b8-2-;;. The number of carbonyl (C=O) groups excluding carboxylic acids is 1. The lowest BCUT2D eigenvalue weighted by Gasteiger charge is -1.92. The van der Waals surface area contributed by atoms with Gasteiger partial charge in [-0.05, 0) is 25.1 Å². The van der Waals surface area contributed by atoms with Gasteiger partial charge in [0.15, 0.2) is 0 Å². The van der Waals surface area contributed by atoms with Gasteiger partial charge in [-0.1, -0.05) is 45.9 Å². The molecule has 0 spiro atoms. The minimum absolute atomic E-state index is 0.0497. The molecule has 0 unspecified atom stereocenters. The summed E-state index contributed by atoms with van der Waals surface area (Å²) in [5.41, 5.74) is 0.732. The van der Waals surface area contributed by atoms with Crippen molar-refractivity contribution in [3.05, 3.63) is 48.2 Å². The molecule has 16 heavy (non-hydrogen) atoms. The molecular formula is C14H24NO+. The van der Waals surface area contributed by atoms with Gasteiger partial charge in [-0.15, -0.1) is 0 Å². The van der Waals surface area contributed by atoms with Crippen molar-refractivity contribution in [3.63, 3.8) is 0 Å². The highest BCUT2D eigenvalue weighted by Crippen LogP contribution is 1.94. The van der Waals surface area contributed by atoms with Gasteiger partial charge >= 0.3 is 5.91 Å². The third-order valence-corrected chi connectivity index (χ3v) is 1.50. The van der Waals surface area contributed by atoms with Crippen molar-refractivity contribution in [2.24, 2.45) is 0 Å². The molecule has 2 heteroatoms. The SMILES string of the molecule is C/C=C\[NH2+]C(=O)c1ccccc1.CC.CC. The van der Waals surface area contributed by atoms with E-state index in [4.69, 9.17) is 0 Å². The molecule has 0 saturated carbocycles. The van der Waals surface area contributed by atoms with Crippen LogP contribution in [0.25, 0.3) is 0 Å². The number of primary amides is 1. The van der Waals surface area contributed by atoms with Gasteiger partial charge in [-0.3, -0.25) is 5.32 Å².